The first-order chi connectivity index (χ1) is 18.8. The van der Waals surface area contributed by atoms with E-state index in [2.05, 4.69) is 38.7 Å². The first-order valence-corrected chi connectivity index (χ1v) is 14.6. The molecule has 0 atom stereocenters. The zero-order valence-electron chi connectivity index (χ0n) is 23.0. The van der Waals surface area contributed by atoms with Crippen molar-refractivity contribution in [2.24, 2.45) is 0 Å². The van der Waals surface area contributed by atoms with E-state index in [1.165, 1.54) is 30.2 Å². The molecule has 1 aliphatic rings. The number of halogens is 2. The maximum Gasteiger partial charge on any atom is 0.408 e. The van der Waals surface area contributed by atoms with Crippen molar-refractivity contribution in [2.45, 2.75) is 76.1 Å². The van der Waals surface area contributed by atoms with Gasteiger partial charge in [-0.25, -0.2) is 4.79 Å². The van der Waals surface area contributed by atoms with Gasteiger partial charge in [0, 0.05) is 17.0 Å². The van der Waals surface area contributed by atoms with Gasteiger partial charge >= 0.3 is 6.09 Å². The highest BCUT2D eigenvalue weighted by Crippen LogP contribution is 2.41. The second kappa shape index (κ2) is 12.2. The second-order valence-corrected chi connectivity index (χ2v) is 12.9. The first-order valence-electron chi connectivity index (χ1n) is 12.8. The second-order valence-electron chi connectivity index (χ2n) is 11.2. The van der Waals surface area contributed by atoms with Crippen LogP contribution in [0.5, 0.6) is 0 Å². The Morgan fingerprint density at radius 1 is 1.10 bits per heavy atom. The molecule has 40 heavy (non-hydrogen) atoms. The van der Waals surface area contributed by atoms with Crippen LogP contribution in [0.1, 0.15) is 70.1 Å². The highest BCUT2D eigenvalue weighted by Gasteiger charge is 2.25. The third kappa shape index (κ3) is 8.47. The summed E-state index contributed by atoms with van der Waals surface area (Å²) < 4.78 is 6.85. The van der Waals surface area contributed by atoms with E-state index in [-0.39, 0.29) is 18.0 Å². The van der Waals surface area contributed by atoms with Crippen molar-refractivity contribution < 1.29 is 14.3 Å². The molecule has 8 nitrogen and oxygen atoms in total. The Hall–Kier alpha value is -3.06. The van der Waals surface area contributed by atoms with Crippen LogP contribution in [0.4, 0.5) is 4.79 Å². The predicted octanol–water partition coefficient (Wildman–Crippen LogP) is 6.41. The predicted molar refractivity (Wildman–Crippen MR) is 157 cm³/mol. The molecular weight excluding hydrogens is 569 g/mol. The molecular formula is C29H31Cl2N5O3S. The molecule has 0 spiro atoms. The molecule has 210 valence electrons. The number of Topliss-reactive ketones (excluding diaryl/α,β-unsaturated/α-hetero) is 1. The van der Waals surface area contributed by atoms with Crippen molar-refractivity contribution in [1.82, 2.24) is 25.5 Å². The number of thioether (sulfide) groups is 1. The number of aromatic nitrogens is 4. The van der Waals surface area contributed by atoms with Crippen molar-refractivity contribution in [1.29, 1.82) is 0 Å². The summed E-state index contributed by atoms with van der Waals surface area (Å²) in [7, 11) is 0. The maximum absolute atomic E-state index is 12.8. The smallest absolute Gasteiger partial charge is 0.408 e. The summed E-state index contributed by atoms with van der Waals surface area (Å²) in [5.74, 6) is 6.78. The highest BCUT2D eigenvalue weighted by atomic mass is 35.5. The molecule has 1 aliphatic carbocycles. The van der Waals surface area contributed by atoms with Crippen LogP contribution < -0.4 is 5.32 Å². The molecule has 1 heterocycles. The van der Waals surface area contributed by atoms with E-state index in [1.54, 1.807) is 57.5 Å². The zero-order chi connectivity index (χ0) is 29.1. The van der Waals surface area contributed by atoms with Crippen LogP contribution in [0.25, 0.3) is 5.69 Å². The Kier molecular flexibility index (Phi) is 9.13. The van der Waals surface area contributed by atoms with E-state index in [1.807, 2.05) is 12.1 Å². The number of carbonyl (C=O) groups excluding carboxylic acids is 2. The monoisotopic (exact) mass is 599 g/mol. The summed E-state index contributed by atoms with van der Waals surface area (Å²) >= 11 is 14.2. The minimum Gasteiger partial charge on any atom is -0.444 e. The van der Waals surface area contributed by atoms with Crippen LogP contribution in [0.3, 0.4) is 0 Å². The molecule has 3 aromatic rings. The third-order valence-corrected chi connectivity index (χ3v) is 7.46. The molecule has 0 unspecified atom stereocenters. The molecule has 1 aromatic heterocycles. The molecule has 1 amide bonds. The number of benzene rings is 2. The molecule has 0 bridgehead atoms. The number of alkyl carbamates (subject to hydrolysis) is 1. The number of ether oxygens (including phenoxy) is 1. The number of nitrogens with zero attached hydrogens (tertiary/aromatic N) is 4. The number of nitrogens with one attached hydrogen (secondary N) is 1. The Morgan fingerprint density at radius 2 is 1.85 bits per heavy atom. The number of tetrazole rings is 1. The van der Waals surface area contributed by atoms with Gasteiger partial charge in [0.15, 0.2) is 0 Å². The topological polar surface area (TPSA) is 99.0 Å². The SMILES string of the molecule is CC(C)(C#Cc1ccc(CC(=O)CSc2nnnn2-c2ccc(C3CC3)cc2Cl)c(Cl)c1)NC(=O)OC(C)(C)C. The Labute approximate surface area is 248 Å². The number of hydrogen-bond acceptors (Lipinski definition) is 7. The van der Waals surface area contributed by atoms with E-state index in [0.717, 1.165) is 0 Å². The normalized spacial score (nSPS) is 13.4. The van der Waals surface area contributed by atoms with Crippen LogP contribution in [0.15, 0.2) is 41.6 Å². The molecule has 0 aliphatic heterocycles. The number of ketones is 1. The van der Waals surface area contributed by atoms with Crippen molar-refractivity contribution >= 4 is 46.8 Å². The lowest BCUT2D eigenvalue weighted by Crippen LogP contribution is -2.44. The van der Waals surface area contributed by atoms with Gasteiger partial charge in [-0.15, -0.1) is 5.10 Å². The quantitative estimate of drug-likeness (QED) is 0.236. The lowest BCUT2D eigenvalue weighted by molar-refractivity contribution is -0.116. The van der Waals surface area contributed by atoms with E-state index in [9.17, 15) is 9.59 Å². The average Bonchev–Trinajstić information content (AvgIpc) is 3.59. The lowest BCUT2D eigenvalue weighted by atomic mass is 10.0. The van der Waals surface area contributed by atoms with Crippen LogP contribution in [0, 0.1) is 11.8 Å². The molecule has 1 fully saturated rings. The molecule has 4 rings (SSSR count). The van der Waals surface area contributed by atoms with Gasteiger partial charge in [-0.1, -0.05) is 58.9 Å². The highest BCUT2D eigenvalue weighted by molar-refractivity contribution is 7.99. The third-order valence-electron chi connectivity index (χ3n) is 5.83. The largest absolute Gasteiger partial charge is 0.444 e. The molecule has 0 radical (unpaired) electrons. The Balaban J connectivity index is 1.34. The van der Waals surface area contributed by atoms with Crippen molar-refractivity contribution in [3.8, 4) is 17.5 Å². The molecule has 1 saturated carbocycles. The van der Waals surface area contributed by atoms with Crippen molar-refractivity contribution in [2.75, 3.05) is 5.75 Å². The van der Waals surface area contributed by atoms with E-state index < -0.39 is 17.2 Å². The summed E-state index contributed by atoms with van der Waals surface area (Å²) in [5, 5.41) is 16.1. The fourth-order valence-electron chi connectivity index (χ4n) is 3.78. The van der Waals surface area contributed by atoms with Gasteiger partial charge in [0.25, 0.3) is 0 Å². The lowest BCUT2D eigenvalue weighted by Gasteiger charge is -2.24. The standard InChI is InChI=1S/C29H31Cl2N5O3S/c1-28(2,3)39-27(38)32-29(4,5)13-12-18-6-7-21(23(30)14-18)15-22(37)17-40-26-33-34-35-36(26)25-11-10-20(16-24(25)31)19-8-9-19/h6-7,10-11,14,16,19H,8-9,15,17H2,1-5H3,(H,32,38). The van der Waals surface area contributed by atoms with Crippen molar-refractivity contribution in [3.05, 3.63) is 63.1 Å². The summed E-state index contributed by atoms with van der Waals surface area (Å²) in [5.41, 5.74) is 1.84. The minimum absolute atomic E-state index is 0.0295. The Morgan fingerprint density at radius 3 is 2.50 bits per heavy atom. The fourth-order valence-corrected chi connectivity index (χ4v) is 5.04. The average molecular weight is 601 g/mol. The number of rotatable bonds is 8. The van der Waals surface area contributed by atoms with Gasteiger partial charge in [0.1, 0.15) is 11.4 Å². The molecule has 11 heteroatoms. The molecule has 2 aromatic carbocycles. The van der Waals surface area contributed by atoms with Gasteiger partial charge < -0.3 is 10.1 Å². The van der Waals surface area contributed by atoms with E-state index >= 15 is 0 Å². The van der Waals surface area contributed by atoms with Gasteiger partial charge in [-0.05, 0) is 99.2 Å². The van der Waals surface area contributed by atoms with Gasteiger partial charge in [-0.2, -0.15) is 4.68 Å². The molecule has 1 N–H and O–H groups in total. The fraction of sp³-hybridized carbons (Fsp3) is 0.414. The Bertz CT molecular complexity index is 1480. The summed E-state index contributed by atoms with van der Waals surface area (Å²) in [6, 6.07) is 11.2. The maximum atomic E-state index is 12.8. The minimum atomic E-state index is -0.820. The number of amides is 1. The van der Waals surface area contributed by atoms with E-state index in [0.29, 0.717) is 37.9 Å². The number of hydrogen-bond donors (Lipinski definition) is 1. The van der Waals surface area contributed by atoms with Crippen LogP contribution in [-0.2, 0) is 16.0 Å². The van der Waals surface area contributed by atoms with Crippen LogP contribution in [0.2, 0.25) is 10.0 Å². The van der Waals surface area contributed by atoms with Gasteiger partial charge in [0.05, 0.1) is 22.0 Å². The van der Waals surface area contributed by atoms with Crippen molar-refractivity contribution in [3.63, 3.8) is 0 Å². The van der Waals surface area contributed by atoms with Crippen LogP contribution >= 0.6 is 35.0 Å². The first kappa shape index (κ1) is 29.9. The van der Waals surface area contributed by atoms with E-state index in [4.69, 9.17) is 27.9 Å². The molecule has 0 saturated heterocycles. The summed E-state index contributed by atoms with van der Waals surface area (Å²) in [6.07, 6.45) is 1.99. The van der Waals surface area contributed by atoms with Crippen LogP contribution in [-0.4, -0.2) is 49.0 Å². The zero-order valence-corrected chi connectivity index (χ0v) is 25.4. The van der Waals surface area contributed by atoms with Gasteiger partial charge in [0.2, 0.25) is 5.16 Å². The number of carbonyl (C=O) groups is 2. The summed E-state index contributed by atoms with van der Waals surface area (Å²) in [4.78, 5) is 24.9. The van der Waals surface area contributed by atoms with Gasteiger partial charge in [-0.3, -0.25) is 4.79 Å². The summed E-state index contributed by atoms with van der Waals surface area (Å²) in [6.45, 7) is 8.96.